The maximum atomic E-state index is 12.6. The summed E-state index contributed by atoms with van der Waals surface area (Å²) >= 11 is 0. The van der Waals surface area contributed by atoms with Gasteiger partial charge in [0.1, 0.15) is 0 Å². The zero-order valence-electron chi connectivity index (χ0n) is 12.9. The second-order valence-electron chi connectivity index (χ2n) is 5.29. The summed E-state index contributed by atoms with van der Waals surface area (Å²) in [5.41, 5.74) is -0.156. The largest absolute Gasteiger partial charge is 0.465 e. The van der Waals surface area contributed by atoms with Crippen LogP contribution in [0, 0.1) is 17.0 Å². The van der Waals surface area contributed by atoms with Crippen LogP contribution in [0.2, 0.25) is 0 Å². The Hall–Kier alpha value is -3.10. The summed E-state index contributed by atoms with van der Waals surface area (Å²) in [5, 5.41) is 20.2. The molecule has 0 heterocycles. The predicted octanol–water partition coefficient (Wildman–Crippen LogP) is 4.61. The maximum Gasteiger partial charge on any atom is 0.416 e. The van der Waals surface area contributed by atoms with Crippen molar-refractivity contribution < 1.29 is 28.0 Å². The van der Waals surface area contributed by atoms with Crippen molar-refractivity contribution in [2.24, 2.45) is 0 Å². The zero-order chi connectivity index (χ0) is 18.8. The molecule has 2 aromatic carbocycles. The molecule has 0 aromatic heterocycles. The number of benzene rings is 2. The van der Waals surface area contributed by atoms with E-state index in [-0.39, 0.29) is 23.5 Å². The first-order valence-corrected chi connectivity index (χ1v) is 7.01. The lowest BCUT2D eigenvalue weighted by Crippen LogP contribution is -2.28. The summed E-state index contributed by atoms with van der Waals surface area (Å²) in [6.07, 6.45) is -5.80. The second kappa shape index (κ2) is 6.80. The molecule has 1 amide bonds. The summed E-state index contributed by atoms with van der Waals surface area (Å²) < 4.78 is 37.7. The second-order valence-corrected chi connectivity index (χ2v) is 5.29. The summed E-state index contributed by atoms with van der Waals surface area (Å²) in [5.74, 6) is 0. The van der Waals surface area contributed by atoms with E-state index in [9.17, 15) is 33.2 Å². The van der Waals surface area contributed by atoms with Crippen molar-refractivity contribution in [3.63, 3.8) is 0 Å². The lowest BCUT2D eigenvalue weighted by molar-refractivity contribution is -0.385. The highest BCUT2D eigenvalue weighted by atomic mass is 19.4. The van der Waals surface area contributed by atoms with Crippen LogP contribution in [0.25, 0.3) is 0 Å². The van der Waals surface area contributed by atoms with Gasteiger partial charge < -0.3 is 5.11 Å². The number of hydrogen-bond acceptors (Lipinski definition) is 3. The maximum absolute atomic E-state index is 12.6. The molecule has 0 aliphatic rings. The van der Waals surface area contributed by atoms with Gasteiger partial charge >= 0.3 is 12.3 Å². The quantitative estimate of drug-likeness (QED) is 0.642. The molecule has 2 aromatic rings. The van der Waals surface area contributed by atoms with E-state index in [1.807, 2.05) is 0 Å². The van der Waals surface area contributed by atoms with Crippen LogP contribution >= 0.6 is 0 Å². The Bertz CT molecular complexity index is 804. The van der Waals surface area contributed by atoms with Crippen LogP contribution in [-0.4, -0.2) is 16.1 Å². The SMILES string of the molecule is Cc1cc(N(Cc2ccc(C(F)(F)F)cc2)C(=O)O)ccc1[N+](=O)[O-]. The monoisotopic (exact) mass is 354 g/mol. The van der Waals surface area contributed by atoms with E-state index in [0.29, 0.717) is 5.56 Å². The van der Waals surface area contributed by atoms with Crippen LogP contribution in [0.1, 0.15) is 16.7 Å². The normalized spacial score (nSPS) is 11.2. The van der Waals surface area contributed by atoms with Gasteiger partial charge in [-0.25, -0.2) is 4.79 Å². The van der Waals surface area contributed by atoms with E-state index in [2.05, 4.69) is 0 Å². The summed E-state index contributed by atoms with van der Waals surface area (Å²) in [6, 6.07) is 7.94. The molecule has 0 spiro atoms. The number of hydrogen-bond donors (Lipinski definition) is 1. The molecular weight excluding hydrogens is 341 g/mol. The number of anilines is 1. The van der Waals surface area contributed by atoms with Crippen molar-refractivity contribution in [3.8, 4) is 0 Å². The first-order valence-electron chi connectivity index (χ1n) is 7.01. The van der Waals surface area contributed by atoms with Gasteiger partial charge in [-0.15, -0.1) is 0 Å². The minimum atomic E-state index is -4.47. The van der Waals surface area contributed by atoms with E-state index in [1.165, 1.54) is 37.3 Å². The minimum Gasteiger partial charge on any atom is -0.465 e. The Balaban J connectivity index is 2.29. The van der Waals surface area contributed by atoms with Gasteiger partial charge in [0.15, 0.2) is 0 Å². The number of halogens is 3. The standard InChI is InChI=1S/C16H13F3N2O4/c1-10-8-13(6-7-14(10)21(24)25)20(15(22)23)9-11-2-4-12(5-3-11)16(17,18)19/h2-8H,9H2,1H3,(H,22,23). The fraction of sp³-hybridized carbons (Fsp3) is 0.188. The van der Waals surface area contributed by atoms with E-state index in [4.69, 9.17) is 0 Å². The number of carboxylic acid groups (broad SMARTS) is 1. The molecular formula is C16H13F3N2O4. The lowest BCUT2D eigenvalue weighted by atomic mass is 10.1. The van der Waals surface area contributed by atoms with Crippen LogP contribution in [0.5, 0.6) is 0 Å². The number of carbonyl (C=O) groups is 1. The molecule has 0 fully saturated rings. The predicted molar refractivity (Wildman–Crippen MR) is 83.5 cm³/mol. The van der Waals surface area contributed by atoms with E-state index in [1.54, 1.807) is 0 Å². The third kappa shape index (κ3) is 4.25. The van der Waals surface area contributed by atoms with Crippen molar-refractivity contribution in [2.45, 2.75) is 19.6 Å². The molecule has 0 atom stereocenters. The molecule has 0 radical (unpaired) electrons. The topological polar surface area (TPSA) is 83.7 Å². The van der Waals surface area contributed by atoms with Gasteiger partial charge in [-0.05, 0) is 36.8 Å². The van der Waals surface area contributed by atoms with Crippen LogP contribution in [0.15, 0.2) is 42.5 Å². The molecule has 0 unspecified atom stereocenters. The highest BCUT2D eigenvalue weighted by Crippen LogP contribution is 2.30. The van der Waals surface area contributed by atoms with Gasteiger partial charge in [-0.2, -0.15) is 13.2 Å². The van der Waals surface area contributed by atoms with Crippen LogP contribution < -0.4 is 4.90 Å². The molecule has 132 valence electrons. The van der Waals surface area contributed by atoms with E-state index >= 15 is 0 Å². The third-order valence-electron chi connectivity index (χ3n) is 3.54. The van der Waals surface area contributed by atoms with Gasteiger partial charge in [0, 0.05) is 17.3 Å². The third-order valence-corrected chi connectivity index (χ3v) is 3.54. The Morgan fingerprint density at radius 3 is 2.24 bits per heavy atom. The van der Waals surface area contributed by atoms with Crippen molar-refractivity contribution in [2.75, 3.05) is 4.90 Å². The van der Waals surface area contributed by atoms with Crippen LogP contribution in [0.3, 0.4) is 0 Å². The average molecular weight is 354 g/mol. The van der Waals surface area contributed by atoms with Gasteiger partial charge in [0.2, 0.25) is 0 Å². The molecule has 1 N–H and O–H groups in total. The molecule has 25 heavy (non-hydrogen) atoms. The Morgan fingerprint density at radius 1 is 1.20 bits per heavy atom. The average Bonchev–Trinajstić information content (AvgIpc) is 2.51. The van der Waals surface area contributed by atoms with Crippen LogP contribution in [-0.2, 0) is 12.7 Å². The lowest BCUT2D eigenvalue weighted by Gasteiger charge is -2.20. The fourth-order valence-electron chi connectivity index (χ4n) is 2.26. The number of rotatable bonds is 4. The Morgan fingerprint density at radius 2 is 1.80 bits per heavy atom. The number of alkyl halides is 3. The van der Waals surface area contributed by atoms with Crippen molar-refractivity contribution in [1.29, 1.82) is 0 Å². The minimum absolute atomic E-state index is 0.149. The summed E-state index contributed by atoms with van der Waals surface area (Å²) in [6.45, 7) is 1.28. The molecule has 0 saturated carbocycles. The smallest absolute Gasteiger partial charge is 0.416 e. The molecule has 0 aliphatic heterocycles. The van der Waals surface area contributed by atoms with Gasteiger partial charge in [0.25, 0.3) is 5.69 Å². The zero-order valence-corrected chi connectivity index (χ0v) is 12.9. The van der Waals surface area contributed by atoms with E-state index < -0.39 is 22.8 Å². The molecule has 0 aliphatic carbocycles. The fourth-order valence-corrected chi connectivity index (χ4v) is 2.26. The summed E-state index contributed by atoms with van der Waals surface area (Å²) in [7, 11) is 0. The molecule has 0 bridgehead atoms. The van der Waals surface area contributed by atoms with Gasteiger partial charge in [-0.3, -0.25) is 15.0 Å². The van der Waals surface area contributed by atoms with Crippen molar-refractivity contribution in [3.05, 3.63) is 69.3 Å². The molecule has 9 heteroatoms. The number of nitro benzene ring substituents is 1. The highest BCUT2D eigenvalue weighted by molar-refractivity contribution is 5.86. The first kappa shape index (κ1) is 18.2. The van der Waals surface area contributed by atoms with Gasteiger partial charge in [-0.1, -0.05) is 12.1 Å². The van der Waals surface area contributed by atoms with Crippen LogP contribution in [0.4, 0.5) is 29.3 Å². The first-order chi connectivity index (χ1) is 11.6. The molecule has 2 rings (SSSR count). The number of amides is 1. The summed E-state index contributed by atoms with van der Waals surface area (Å²) in [4.78, 5) is 22.6. The number of aryl methyl sites for hydroxylation is 1. The Kier molecular flexibility index (Phi) is 4.96. The molecule has 6 nitrogen and oxygen atoms in total. The van der Waals surface area contributed by atoms with Crippen molar-refractivity contribution in [1.82, 2.24) is 0 Å². The number of nitrogens with zero attached hydrogens (tertiary/aromatic N) is 2. The van der Waals surface area contributed by atoms with Gasteiger partial charge in [0.05, 0.1) is 17.0 Å². The number of nitro groups is 1. The van der Waals surface area contributed by atoms with E-state index in [0.717, 1.165) is 17.0 Å². The Labute approximate surface area is 140 Å². The highest BCUT2D eigenvalue weighted by Gasteiger charge is 2.30. The van der Waals surface area contributed by atoms with Crippen molar-refractivity contribution >= 4 is 17.5 Å². The molecule has 0 saturated heterocycles.